The molecule has 0 atom stereocenters. The van der Waals surface area contributed by atoms with Crippen molar-refractivity contribution in [1.82, 2.24) is 9.97 Å². The highest BCUT2D eigenvalue weighted by molar-refractivity contribution is 7.19. The number of hydrogen-bond acceptors (Lipinski definition) is 6. The van der Waals surface area contributed by atoms with Gasteiger partial charge in [-0.3, -0.25) is 0 Å². The van der Waals surface area contributed by atoms with Gasteiger partial charge in [-0.25, -0.2) is 9.97 Å². The van der Waals surface area contributed by atoms with Gasteiger partial charge in [-0.15, -0.1) is 22.7 Å². The Kier molecular flexibility index (Phi) is 3.82. The van der Waals surface area contributed by atoms with E-state index in [9.17, 15) is 5.26 Å². The van der Waals surface area contributed by atoms with Crippen LogP contribution in [0.5, 0.6) is 0 Å². The van der Waals surface area contributed by atoms with Gasteiger partial charge >= 0.3 is 0 Å². The number of aryl methyl sites for hydroxylation is 2. The molecule has 0 aliphatic heterocycles. The molecule has 3 aromatic rings. The second-order valence-corrected chi connectivity index (χ2v) is 7.51. The predicted molar refractivity (Wildman–Crippen MR) is 95.6 cm³/mol. The molecule has 2 heterocycles. The minimum atomic E-state index is 0.541. The lowest BCUT2D eigenvalue weighted by atomic mass is 10.0. The van der Waals surface area contributed by atoms with E-state index in [1.54, 1.807) is 17.5 Å². The summed E-state index contributed by atoms with van der Waals surface area (Å²) in [4.78, 5) is 10.5. The molecule has 1 aliphatic carbocycles. The number of nitrogens with one attached hydrogen (secondary N) is 1. The van der Waals surface area contributed by atoms with Crippen molar-refractivity contribution in [3.8, 4) is 6.07 Å². The van der Waals surface area contributed by atoms with Crippen LogP contribution in [0, 0.1) is 11.3 Å². The summed E-state index contributed by atoms with van der Waals surface area (Å²) in [6, 6.07) is 10.2. The van der Waals surface area contributed by atoms with Crippen LogP contribution >= 0.6 is 22.7 Å². The van der Waals surface area contributed by atoms with Crippen LogP contribution in [0.1, 0.15) is 28.4 Å². The van der Waals surface area contributed by atoms with Crippen molar-refractivity contribution in [2.24, 2.45) is 0 Å². The van der Waals surface area contributed by atoms with Gasteiger partial charge in [-0.2, -0.15) is 5.26 Å². The summed E-state index contributed by atoms with van der Waals surface area (Å²) >= 11 is 3.23. The van der Waals surface area contributed by atoms with E-state index in [1.165, 1.54) is 34.7 Å². The Morgan fingerprint density at radius 1 is 1.17 bits per heavy atom. The zero-order chi connectivity index (χ0) is 15.6. The van der Waals surface area contributed by atoms with Gasteiger partial charge < -0.3 is 5.32 Å². The maximum absolute atomic E-state index is 9.44. The number of allylic oxidation sites excluding steroid dienone is 1. The standard InChI is InChI=1S/C17H14N4S2/c18-9-11(16-20-12-5-1-3-7-14(12)22-16)10-19-17-21-13-6-2-4-8-15(13)23-17/h1,3,5,7,10H,2,4,6,8H2,(H,19,21). The van der Waals surface area contributed by atoms with Crippen LogP contribution in [0.4, 0.5) is 5.13 Å². The molecule has 0 saturated carbocycles. The van der Waals surface area contributed by atoms with Crippen LogP contribution in [0.2, 0.25) is 0 Å². The van der Waals surface area contributed by atoms with Gasteiger partial charge in [0.2, 0.25) is 0 Å². The first-order valence-electron chi connectivity index (χ1n) is 7.55. The minimum Gasteiger partial charge on any atom is -0.337 e. The van der Waals surface area contributed by atoms with Crippen LogP contribution in [0.25, 0.3) is 15.8 Å². The van der Waals surface area contributed by atoms with Gasteiger partial charge in [-0.05, 0) is 37.8 Å². The molecular weight excluding hydrogens is 324 g/mol. The molecule has 1 aromatic carbocycles. The number of para-hydroxylation sites is 1. The lowest BCUT2D eigenvalue weighted by Gasteiger charge is -2.06. The zero-order valence-corrected chi connectivity index (χ0v) is 14.0. The molecule has 0 radical (unpaired) electrons. The van der Waals surface area contributed by atoms with E-state index in [1.807, 2.05) is 24.3 Å². The van der Waals surface area contributed by atoms with Crippen molar-refractivity contribution >= 4 is 43.6 Å². The summed E-state index contributed by atoms with van der Waals surface area (Å²) in [6.45, 7) is 0. The van der Waals surface area contributed by atoms with E-state index in [0.29, 0.717) is 5.57 Å². The highest BCUT2D eigenvalue weighted by Gasteiger charge is 2.15. The van der Waals surface area contributed by atoms with Crippen LogP contribution in [0.3, 0.4) is 0 Å². The third kappa shape index (κ3) is 2.85. The van der Waals surface area contributed by atoms with E-state index < -0.39 is 0 Å². The van der Waals surface area contributed by atoms with E-state index in [4.69, 9.17) is 0 Å². The molecule has 4 nitrogen and oxygen atoms in total. The molecule has 114 valence electrons. The van der Waals surface area contributed by atoms with E-state index in [2.05, 4.69) is 21.4 Å². The van der Waals surface area contributed by atoms with Crippen molar-refractivity contribution in [2.75, 3.05) is 5.32 Å². The van der Waals surface area contributed by atoms with Gasteiger partial charge in [0.1, 0.15) is 16.6 Å². The number of rotatable bonds is 3. The quantitative estimate of drug-likeness (QED) is 0.709. The summed E-state index contributed by atoms with van der Waals surface area (Å²) in [5.41, 5.74) is 2.69. The third-order valence-corrected chi connectivity index (χ3v) is 5.99. The number of nitriles is 1. The topological polar surface area (TPSA) is 61.6 Å². The fourth-order valence-electron chi connectivity index (χ4n) is 2.68. The first-order valence-corrected chi connectivity index (χ1v) is 9.18. The average Bonchev–Trinajstić information content (AvgIpc) is 3.18. The Labute approximate surface area is 142 Å². The van der Waals surface area contributed by atoms with Crippen LogP contribution in [0.15, 0.2) is 30.5 Å². The molecule has 2 aromatic heterocycles. The van der Waals surface area contributed by atoms with Crippen molar-refractivity contribution in [3.63, 3.8) is 0 Å². The van der Waals surface area contributed by atoms with Crippen LogP contribution in [-0.4, -0.2) is 9.97 Å². The molecule has 0 amide bonds. The van der Waals surface area contributed by atoms with Gasteiger partial charge in [0, 0.05) is 11.1 Å². The Morgan fingerprint density at radius 2 is 2.04 bits per heavy atom. The van der Waals surface area contributed by atoms with Crippen molar-refractivity contribution in [2.45, 2.75) is 25.7 Å². The lowest BCUT2D eigenvalue weighted by molar-refractivity contribution is 0.683. The minimum absolute atomic E-state index is 0.541. The molecule has 0 fully saturated rings. The lowest BCUT2D eigenvalue weighted by Crippen LogP contribution is -1.99. The van der Waals surface area contributed by atoms with Crippen molar-refractivity contribution in [1.29, 1.82) is 5.26 Å². The highest BCUT2D eigenvalue weighted by Crippen LogP contribution is 2.30. The normalized spacial score (nSPS) is 14.5. The maximum Gasteiger partial charge on any atom is 0.187 e. The van der Waals surface area contributed by atoms with E-state index in [0.717, 1.165) is 33.2 Å². The molecule has 1 N–H and O–H groups in total. The first-order chi connectivity index (χ1) is 11.3. The molecule has 0 spiro atoms. The number of hydrogen-bond donors (Lipinski definition) is 1. The van der Waals surface area contributed by atoms with Crippen molar-refractivity contribution in [3.05, 3.63) is 46.0 Å². The molecule has 23 heavy (non-hydrogen) atoms. The highest BCUT2D eigenvalue weighted by atomic mass is 32.1. The van der Waals surface area contributed by atoms with Crippen LogP contribution < -0.4 is 5.32 Å². The van der Waals surface area contributed by atoms with Crippen LogP contribution in [-0.2, 0) is 12.8 Å². The summed E-state index contributed by atoms with van der Waals surface area (Å²) in [6.07, 6.45) is 6.39. The maximum atomic E-state index is 9.44. The second kappa shape index (κ2) is 6.11. The third-order valence-electron chi connectivity index (χ3n) is 3.83. The van der Waals surface area contributed by atoms with Gasteiger partial charge in [-0.1, -0.05) is 12.1 Å². The second-order valence-electron chi connectivity index (χ2n) is 5.40. The Balaban J connectivity index is 1.60. The van der Waals surface area contributed by atoms with Gasteiger partial charge in [0.05, 0.1) is 15.9 Å². The van der Waals surface area contributed by atoms with Crippen molar-refractivity contribution < 1.29 is 0 Å². The van der Waals surface area contributed by atoms with Gasteiger partial charge in [0.15, 0.2) is 5.13 Å². The summed E-state index contributed by atoms with van der Waals surface area (Å²) in [5, 5.41) is 14.2. The molecule has 0 unspecified atom stereocenters. The molecule has 6 heteroatoms. The summed E-state index contributed by atoms with van der Waals surface area (Å²) in [7, 11) is 0. The number of benzene rings is 1. The number of thiazole rings is 2. The van der Waals surface area contributed by atoms with E-state index in [-0.39, 0.29) is 0 Å². The van der Waals surface area contributed by atoms with Gasteiger partial charge in [0.25, 0.3) is 0 Å². The first kappa shape index (κ1) is 14.4. The molecule has 1 aliphatic rings. The molecular formula is C17H14N4S2. The number of nitrogens with zero attached hydrogens (tertiary/aromatic N) is 3. The fraction of sp³-hybridized carbons (Fsp3) is 0.235. The SMILES string of the molecule is N#CC(=CNc1nc2c(s1)CCCC2)c1nc2ccccc2s1. The zero-order valence-electron chi connectivity index (χ0n) is 12.4. The number of fused-ring (bicyclic) bond motifs is 2. The monoisotopic (exact) mass is 338 g/mol. The Hall–Kier alpha value is -2.23. The summed E-state index contributed by atoms with van der Waals surface area (Å²) < 4.78 is 1.09. The molecule has 0 bridgehead atoms. The Bertz CT molecular complexity index is 873. The fourth-order valence-corrected chi connectivity index (χ4v) is 4.63. The smallest absolute Gasteiger partial charge is 0.187 e. The average molecular weight is 338 g/mol. The number of anilines is 1. The molecule has 0 saturated heterocycles. The Morgan fingerprint density at radius 3 is 2.87 bits per heavy atom. The molecule has 4 rings (SSSR count). The summed E-state index contributed by atoms with van der Waals surface area (Å²) in [5.74, 6) is 0. The largest absolute Gasteiger partial charge is 0.337 e. The predicted octanol–water partition coefficient (Wildman–Crippen LogP) is 4.61. The number of aromatic nitrogens is 2. The van der Waals surface area contributed by atoms with E-state index >= 15 is 0 Å².